The van der Waals surface area contributed by atoms with E-state index in [0.717, 1.165) is 12.2 Å². The molecule has 0 saturated carbocycles. The van der Waals surface area contributed by atoms with E-state index in [1.54, 1.807) is 0 Å². The first-order valence-corrected chi connectivity index (χ1v) is 1.68. The van der Waals surface area contributed by atoms with E-state index in [0.29, 0.717) is 0 Å². The minimum absolute atomic E-state index is 0.566. The van der Waals surface area contributed by atoms with Gasteiger partial charge in [0.05, 0.1) is 0 Å². The van der Waals surface area contributed by atoms with Crippen LogP contribution in [0.2, 0.25) is 0 Å². The van der Waals surface area contributed by atoms with Crippen molar-refractivity contribution in [1.82, 2.24) is 0 Å². The molecule has 0 aliphatic heterocycles. The van der Waals surface area contributed by atoms with Crippen molar-refractivity contribution in [2.24, 2.45) is 0 Å². The molecule has 6 heavy (non-hydrogen) atoms. The fourth-order valence-corrected chi connectivity index (χ4v) is 0.126. The highest BCUT2D eigenvalue weighted by molar-refractivity contribution is 4.79. The van der Waals surface area contributed by atoms with Gasteiger partial charge >= 0.3 is 0 Å². The summed E-state index contributed by atoms with van der Waals surface area (Å²) in [6.45, 7) is -1.13. The lowest BCUT2D eigenvalue weighted by molar-refractivity contribution is 0.543. The summed E-state index contributed by atoms with van der Waals surface area (Å²) in [6, 6.07) is 0. The van der Waals surface area contributed by atoms with Crippen LogP contribution in [0.5, 0.6) is 0 Å². The molecule has 36 valence electrons. The minimum Gasteiger partial charge on any atom is -0.247 e. The number of halogens is 2. The number of rotatable bonds is 2. The molecule has 0 rings (SSSR count). The molecular formula is C4H6F2. The Hall–Kier alpha value is -0.400. The molecule has 0 aliphatic carbocycles. The number of alkyl halides is 2. The molecule has 0 fully saturated rings. The van der Waals surface area contributed by atoms with Crippen molar-refractivity contribution in [1.29, 1.82) is 0 Å². The monoisotopic (exact) mass is 92.0 g/mol. The largest absolute Gasteiger partial charge is 0.247 e. The highest BCUT2D eigenvalue weighted by Gasteiger charge is 1.65. The number of allylic oxidation sites excluding steroid dienone is 2. The Balaban J connectivity index is 2.73. The van der Waals surface area contributed by atoms with Crippen LogP contribution in [-0.2, 0) is 0 Å². The summed E-state index contributed by atoms with van der Waals surface area (Å²) in [5.41, 5.74) is 0. The van der Waals surface area contributed by atoms with Crippen LogP contribution in [0, 0.1) is 0 Å². The molecule has 2 heteroatoms. The normalized spacial score (nSPS) is 10.3. The molecule has 0 aromatic carbocycles. The van der Waals surface area contributed by atoms with Gasteiger partial charge in [-0.15, -0.1) is 0 Å². The minimum atomic E-state index is -0.566. The molecule has 0 unspecified atom stereocenters. The van der Waals surface area contributed by atoms with Gasteiger partial charge in [0.25, 0.3) is 0 Å². The molecule has 0 aromatic heterocycles. The average Bonchev–Trinajstić information content (AvgIpc) is 1.61. The molecule has 0 bridgehead atoms. The fraction of sp³-hybridized carbons (Fsp3) is 0.500. The third-order valence-corrected chi connectivity index (χ3v) is 0.345. The van der Waals surface area contributed by atoms with Gasteiger partial charge in [-0.25, -0.2) is 8.78 Å². The Morgan fingerprint density at radius 2 is 1.33 bits per heavy atom. The van der Waals surface area contributed by atoms with Crippen LogP contribution < -0.4 is 0 Å². The van der Waals surface area contributed by atoms with Gasteiger partial charge in [-0.05, 0) is 0 Å². The van der Waals surface area contributed by atoms with Crippen molar-refractivity contribution in [2.45, 2.75) is 0 Å². The first-order valence-electron chi connectivity index (χ1n) is 1.68. The molecule has 0 radical (unpaired) electrons. The molecule has 0 atom stereocenters. The van der Waals surface area contributed by atoms with E-state index >= 15 is 0 Å². The maximum Gasteiger partial charge on any atom is 0.108 e. The van der Waals surface area contributed by atoms with E-state index in [4.69, 9.17) is 0 Å². The van der Waals surface area contributed by atoms with Gasteiger partial charge in [0.2, 0.25) is 0 Å². The van der Waals surface area contributed by atoms with Crippen LogP contribution in [0.15, 0.2) is 12.2 Å². The van der Waals surface area contributed by atoms with Gasteiger partial charge in [0.15, 0.2) is 0 Å². The van der Waals surface area contributed by atoms with E-state index in [-0.39, 0.29) is 0 Å². The molecule has 0 spiro atoms. The summed E-state index contributed by atoms with van der Waals surface area (Å²) in [6.07, 6.45) is 2.28. The quantitative estimate of drug-likeness (QED) is 0.452. The predicted octanol–water partition coefficient (Wildman–Crippen LogP) is 1.48. The molecule has 0 nitrogen and oxygen atoms in total. The third-order valence-electron chi connectivity index (χ3n) is 0.345. The molecule has 0 heterocycles. The van der Waals surface area contributed by atoms with Crippen molar-refractivity contribution in [3.05, 3.63) is 12.2 Å². The highest BCUT2D eigenvalue weighted by Crippen LogP contribution is 1.73. The Labute approximate surface area is 35.5 Å². The van der Waals surface area contributed by atoms with Crippen molar-refractivity contribution < 1.29 is 8.78 Å². The molecule has 0 amide bonds. The van der Waals surface area contributed by atoms with Gasteiger partial charge in [-0.2, -0.15) is 0 Å². The molecule has 0 N–H and O–H groups in total. The van der Waals surface area contributed by atoms with Gasteiger partial charge in [0.1, 0.15) is 13.3 Å². The maximum absolute atomic E-state index is 10.9. The summed E-state index contributed by atoms with van der Waals surface area (Å²) >= 11 is 0. The second kappa shape index (κ2) is 4.60. The summed E-state index contributed by atoms with van der Waals surface area (Å²) < 4.78 is 21.9. The average molecular weight is 92.1 g/mol. The van der Waals surface area contributed by atoms with Crippen LogP contribution in [0.4, 0.5) is 8.78 Å². The molecule has 0 aliphatic rings. The van der Waals surface area contributed by atoms with Gasteiger partial charge < -0.3 is 0 Å². The van der Waals surface area contributed by atoms with Crippen LogP contribution in [-0.4, -0.2) is 13.3 Å². The smallest absolute Gasteiger partial charge is 0.108 e. The Kier molecular flexibility index (Phi) is 4.29. The van der Waals surface area contributed by atoms with E-state index in [1.807, 2.05) is 0 Å². The summed E-state index contributed by atoms with van der Waals surface area (Å²) in [5, 5.41) is 0. The lowest BCUT2D eigenvalue weighted by Crippen LogP contribution is -1.62. The van der Waals surface area contributed by atoms with Gasteiger partial charge in [-0.1, -0.05) is 12.2 Å². The zero-order valence-electron chi connectivity index (χ0n) is 3.32. The van der Waals surface area contributed by atoms with Crippen molar-refractivity contribution in [3.8, 4) is 0 Å². The van der Waals surface area contributed by atoms with E-state index in [1.165, 1.54) is 0 Å². The maximum atomic E-state index is 10.9. The first-order chi connectivity index (χ1) is 2.91. The predicted molar refractivity (Wildman–Crippen MR) is 21.1 cm³/mol. The van der Waals surface area contributed by atoms with Gasteiger partial charge in [0, 0.05) is 0 Å². The summed E-state index contributed by atoms with van der Waals surface area (Å²) in [7, 11) is 0. The van der Waals surface area contributed by atoms with E-state index < -0.39 is 13.3 Å². The van der Waals surface area contributed by atoms with E-state index in [2.05, 4.69) is 0 Å². The second-order valence-electron chi connectivity index (χ2n) is 0.780. The van der Waals surface area contributed by atoms with Gasteiger partial charge in [-0.3, -0.25) is 0 Å². The van der Waals surface area contributed by atoms with Crippen LogP contribution in [0.25, 0.3) is 0 Å². The van der Waals surface area contributed by atoms with Crippen molar-refractivity contribution >= 4 is 0 Å². The molecule has 0 saturated heterocycles. The summed E-state index contributed by atoms with van der Waals surface area (Å²) in [5.74, 6) is 0. The van der Waals surface area contributed by atoms with Crippen LogP contribution in [0.1, 0.15) is 0 Å². The topological polar surface area (TPSA) is 0 Å². The summed E-state index contributed by atoms with van der Waals surface area (Å²) in [4.78, 5) is 0. The highest BCUT2D eigenvalue weighted by atomic mass is 19.1. The first kappa shape index (κ1) is 5.60. The zero-order valence-corrected chi connectivity index (χ0v) is 3.32. The van der Waals surface area contributed by atoms with E-state index in [9.17, 15) is 8.78 Å². The lowest BCUT2D eigenvalue weighted by atomic mass is 10.6. The fourth-order valence-electron chi connectivity index (χ4n) is 0.126. The zero-order chi connectivity index (χ0) is 4.83. The van der Waals surface area contributed by atoms with Crippen molar-refractivity contribution in [3.63, 3.8) is 0 Å². The lowest BCUT2D eigenvalue weighted by Gasteiger charge is -1.68. The SMILES string of the molecule is FC/C=C\CF. The standard InChI is InChI=1S/C4H6F2/c5-3-1-2-4-6/h1-2H,3-4H2/b2-1-. The van der Waals surface area contributed by atoms with Crippen LogP contribution >= 0.6 is 0 Å². The molecular weight excluding hydrogens is 86.0 g/mol. The Morgan fingerprint density at radius 1 is 1.00 bits per heavy atom. The Morgan fingerprint density at radius 3 is 1.50 bits per heavy atom. The third kappa shape index (κ3) is 3.60. The van der Waals surface area contributed by atoms with Crippen molar-refractivity contribution in [2.75, 3.05) is 13.3 Å². The van der Waals surface area contributed by atoms with Crippen LogP contribution in [0.3, 0.4) is 0 Å². The second-order valence-corrected chi connectivity index (χ2v) is 0.780. The number of hydrogen-bond acceptors (Lipinski definition) is 0. The molecule has 0 aromatic rings. The number of hydrogen-bond donors (Lipinski definition) is 0. The Bertz CT molecular complexity index is 34.8.